The van der Waals surface area contributed by atoms with E-state index in [1.807, 2.05) is 6.08 Å². The number of rotatable bonds is 2. The molecule has 0 aromatic carbocycles. The molecule has 88 valence electrons. The number of nitrogens with two attached hydrogens (primary N) is 2. The summed E-state index contributed by atoms with van der Waals surface area (Å²) in [5, 5.41) is 0. The molecule has 0 radical (unpaired) electrons. The molecule has 16 heavy (non-hydrogen) atoms. The van der Waals surface area contributed by atoms with Gasteiger partial charge in [-0.05, 0) is 37.8 Å². The van der Waals surface area contributed by atoms with E-state index in [9.17, 15) is 0 Å². The molecule has 0 aromatic rings. The van der Waals surface area contributed by atoms with Gasteiger partial charge in [-0.2, -0.15) is 0 Å². The van der Waals surface area contributed by atoms with Gasteiger partial charge in [-0.3, -0.25) is 0 Å². The summed E-state index contributed by atoms with van der Waals surface area (Å²) >= 11 is 0. The number of likely N-dealkylation sites (N-methyl/N-ethyl adjacent to an activating group) is 1. The zero-order valence-corrected chi connectivity index (χ0v) is 9.89. The molecule has 3 nitrogen and oxygen atoms in total. The van der Waals surface area contributed by atoms with Gasteiger partial charge in [0, 0.05) is 30.5 Å². The molecule has 3 heteroatoms. The van der Waals surface area contributed by atoms with Crippen LogP contribution in [-0.2, 0) is 0 Å². The quantitative estimate of drug-likeness (QED) is 0.692. The summed E-state index contributed by atoms with van der Waals surface area (Å²) in [7, 11) is 2.16. The normalized spacial score (nSPS) is 29.6. The summed E-state index contributed by atoms with van der Waals surface area (Å²) < 4.78 is 0. The van der Waals surface area contributed by atoms with E-state index < -0.39 is 0 Å². The average molecular weight is 219 g/mol. The summed E-state index contributed by atoms with van der Waals surface area (Å²) in [5.41, 5.74) is 14.0. The first-order valence-corrected chi connectivity index (χ1v) is 5.99. The second-order valence-electron chi connectivity index (χ2n) is 4.70. The Labute approximate surface area is 97.5 Å². The molecule has 2 aliphatic carbocycles. The Hall–Kier alpha value is -1.22. The Bertz CT molecular complexity index is 341. The summed E-state index contributed by atoms with van der Waals surface area (Å²) in [6.45, 7) is 0. The number of allylic oxidation sites excluding steroid dienone is 4. The molecule has 0 fully saturated rings. The average Bonchev–Trinajstić information content (AvgIpc) is 2.30. The molecule has 0 saturated carbocycles. The molecular weight excluding hydrogens is 198 g/mol. The number of hydrogen-bond acceptors (Lipinski definition) is 3. The van der Waals surface area contributed by atoms with E-state index in [0.717, 1.165) is 31.4 Å². The summed E-state index contributed by atoms with van der Waals surface area (Å²) in [4.78, 5) is 2.35. The van der Waals surface area contributed by atoms with Crippen LogP contribution in [0, 0.1) is 0 Å². The second-order valence-corrected chi connectivity index (χ2v) is 4.70. The molecule has 0 aliphatic heterocycles. The highest BCUT2D eigenvalue weighted by Crippen LogP contribution is 2.23. The molecule has 2 atom stereocenters. The Morgan fingerprint density at radius 3 is 2.56 bits per heavy atom. The van der Waals surface area contributed by atoms with Gasteiger partial charge in [0.05, 0.1) is 0 Å². The number of nitrogens with zero attached hydrogens (tertiary/aromatic N) is 1. The van der Waals surface area contributed by atoms with E-state index in [-0.39, 0.29) is 6.04 Å². The van der Waals surface area contributed by atoms with Crippen LogP contribution in [0.25, 0.3) is 0 Å². The van der Waals surface area contributed by atoms with E-state index in [1.165, 1.54) is 5.70 Å². The zero-order valence-electron chi connectivity index (χ0n) is 9.89. The molecule has 0 spiro atoms. The predicted octanol–water partition coefficient (Wildman–Crippen LogP) is 1.48. The Morgan fingerprint density at radius 2 is 2.00 bits per heavy atom. The standard InChI is InChI=1S/C13H21N3/c1-16(12-6-2-10(14)3-7-12)13-8-4-11(15)5-9-13/h2,4,6,8,10,12H,3,5,7,9,14-15H2,1H3. The lowest BCUT2D eigenvalue weighted by Gasteiger charge is -2.33. The molecule has 0 bridgehead atoms. The van der Waals surface area contributed by atoms with E-state index in [4.69, 9.17) is 11.5 Å². The molecule has 2 aliphatic rings. The smallest absolute Gasteiger partial charge is 0.0468 e. The van der Waals surface area contributed by atoms with Crippen LogP contribution in [0.4, 0.5) is 0 Å². The second kappa shape index (κ2) is 4.74. The van der Waals surface area contributed by atoms with E-state index in [0.29, 0.717) is 6.04 Å². The Balaban J connectivity index is 2.03. The topological polar surface area (TPSA) is 55.3 Å². The van der Waals surface area contributed by atoms with Gasteiger partial charge >= 0.3 is 0 Å². The van der Waals surface area contributed by atoms with Crippen LogP contribution in [0.15, 0.2) is 35.7 Å². The highest BCUT2D eigenvalue weighted by atomic mass is 15.1. The van der Waals surface area contributed by atoms with Gasteiger partial charge in [0.15, 0.2) is 0 Å². The lowest BCUT2D eigenvalue weighted by Crippen LogP contribution is -2.35. The monoisotopic (exact) mass is 219 g/mol. The van der Waals surface area contributed by atoms with E-state index in [1.54, 1.807) is 0 Å². The van der Waals surface area contributed by atoms with Crippen molar-refractivity contribution in [1.82, 2.24) is 4.90 Å². The largest absolute Gasteiger partial charge is 0.402 e. The van der Waals surface area contributed by atoms with Crippen molar-refractivity contribution in [2.24, 2.45) is 11.5 Å². The van der Waals surface area contributed by atoms with Crippen molar-refractivity contribution in [1.29, 1.82) is 0 Å². The van der Waals surface area contributed by atoms with Gasteiger partial charge in [-0.25, -0.2) is 0 Å². The van der Waals surface area contributed by atoms with E-state index in [2.05, 4.69) is 30.2 Å². The summed E-state index contributed by atoms with van der Waals surface area (Å²) in [5.74, 6) is 0. The van der Waals surface area contributed by atoms with Gasteiger partial charge < -0.3 is 16.4 Å². The van der Waals surface area contributed by atoms with E-state index >= 15 is 0 Å². The third kappa shape index (κ3) is 2.47. The van der Waals surface area contributed by atoms with Crippen LogP contribution in [-0.4, -0.2) is 24.0 Å². The predicted molar refractivity (Wildman–Crippen MR) is 67.5 cm³/mol. The first-order chi connectivity index (χ1) is 7.66. The van der Waals surface area contributed by atoms with Crippen LogP contribution in [0.3, 0.4) is 0 Å². The van der Waals surface area contributed by atoms with Crippen molar-refractivity contribution in [3.63, 3.8) is 0 Å². The van der Waals surface area contributed by atoms with Crippen LogP contribution in [0.2, 0.25) is 0 Å². The lowest BCUT2D eigenvalue weighted by molar-refractivity contribution is 0.308. The van der Waals surface area contributed by atoms with Crippen molar-refractivity contribution in [2.45, 2.75) is 37.8 Å². The van der Waals surface area contributed by atoms with Crippen molar-refractivity contribution in [2.75, 3.05) is 7.05 Å². The lowest BCUT2D eigenvalue weighted by atomic mass is 9.97. The van der Waals surface area contributed by atoms with Gasteiger partial charge in [-0.1, -0.05) is 12.2 Å². The maximum Gasteiger partial charge on any atom is 0.0468 e. The van der Waals surface area contributed by atoms with Gasteiger partial charge in [0.25, 0.3) is 0 Å². The third-order valence-corrected chi connectivity index (χ3v) is 3.49. The Morgan fingerprint density at radius 1 is 1.19 bits per heavy atom. The molecule has 0 heterocycles. The Kier molecular flexibility index (Phi) is 3.34. The van der Waals surface area contributed by atoms with Gasteiger partial charge in [0.2, 0.25) is 0 Å². The van der Waals surface area contributed by atoms with Crippen molar-refractivity contribution in [3.05, 3.63) is 35.7 Å². The van der Waals surface area contributed by atoms with Gasteiger partial charge in [0.1, 0.15) is 0 Å². The summed E-state index contributed by atoms with van der Waals surface area (Å²) in [6, 6.07) is 0.749. The van der Waals surface area contributed by atoms with Crippen LogP contribution < -0.4 is 11.5 Å². The third-order valence-electron chi connectivity index (χ3n) is 3.49. The molecule has 0 aromatic heterocycles. The fraction of sp³-hybridized carbons (Fsp3) is 0.538. The fourth-order valence-corrected chi connectivity index (χ4v) is 2.30. The maximum absolute atomic E-state index is 5.85. The van der Waals surface area contributed by atoms with Gasteiger partial charge in [-0.15, -0.1) is 0 Å². The van der Waals surface area contributed by atoms with Crippen molar-refractivity contribution >= 4 is 0 Å². The minimum absolute atomic E-state index is 0.250. The minimum atomic E-state index is 0.250. The van der Waals surface area contributed by atoms with Crippen LogP contribution in [0.1, 0.15) is 25.7 Å². The molecular formula is C13H21N3. The summed E-state index contributed by atoms with van der Waals surface area (Å²) in [6.07, 6.45) is 12.8. The van der Waals surface area contributed by atoms with Crippen molar-refractivity contribution in [3.8, 4) is 0 Å². The highest BCUT2D eigenvalue weighted by molar-refractivity contribution is 5.23. The first-order valence-electron chi connectivity index (χ1n) is 5.99. The number of hydrogen-bond donors (Lipinski definition) is 2. The van der Waals surface area contributed by atoms with Crippen LogP contribution in [0.5, 0.6) is 0 Å². The molecule has 4 N–H and O–H groups in total. The molecule has 2 rings (SSSR count). The van der Waals surface area contributed by atoms with Crippen molar-refractivity contribution < 1.29 is 0 Å². The first kappa shape index (κ1) is 11.3. The highest BCUT2D eigenvalue weighted by Gasteiger charge is 2.19. The minimum Gasteiger partial charge on any atom is -0.402 e. The molecule has 0 amide bonds. The fourth-order valence-electron chi connectivity index (χ4n) is 2.30. The maximum atomic E-state index is 5.85. The molecule has 2 unspecified atom stereocenters. The SMILES string of the molecule is CN(C1=CC=C(N)CC1)C1C=CC(N)CC1. The zero-order chi connectivity index (χ0) is 11.5. The molecule has 0 saturated heterocycles. The van der Waals surface area contributed by atoms with Crippen LogP contribution >= 0.6 is 0 Å².